The molecule has 0 saturated heterocycles. The number of carboxylic acid groups (broad SMARTS) is 1. The first kappa shape index (κ1) is 17.2. The number of fused-ring (bicyclic) bond motifs is 1. The predicted octanol–water partition coefficient (Wildman–Crippen LogP) is 6.26. The van der Waals surface area contributed by atoms with Crippen LogP contribution in [0.5, 0.6) is 0 Å². The molecule has 0 amide bonds. The highest BCUT2D eigenvalue weighted by atomic mass is 35.5. The van der Waals surface area contributed by atoms with Gasteiger partial charge in [0.1, 0.15) is 0 Å². The van der Waals surface area contributed by atoms with Gasteiger partial charge in [-0.2, -0.15) is 0 Å². The first-order chi connectivity index (χ1) is 12.5. The van der Waals surface area contributed by atoms with E-state index >= 15 is 0 Å². The minimum absolute atomic E-state index is 0.312. The lowest BCUT2D eigenvalue weighted by Gasteiger charge is -2.09. The first-order valence-electron chi connectivity index (χ1n) is 8.52. The zero-order chi connectivity index (χ0) is 18.3. The predicted molar refractivity (Wildman–Crippen MR) is 106 cm³/mol. The second-order valence-electron chi connectivity index (χ2n) is 6.58. The molecule has 1 aliphatic carbocycles. The molecule has 0 atom stereocenters. The van der Waals surface area contributed by atoms with Crippen LogP contribution in [0.15, 0.2) is 48.7 Å². The Morgan fingerprint density at radius 2 is 1.96 bits per heavy atom. The number of halogens is 2. The summed E-state index contributed by atoms with van der Waals surface area (Å²) >= 11 is 12.1. The van der Waals surface area contributed by atoms with Crippen LogP contribution in [-0.2, 0) is 6.54 Å². The average Bonchev–Trinajstić information content (AvgIpc) is 3.26. The number of hydrogen-bond acceptors (Lipinski definition) is 1. The third-order valence-corrected chi connectivity index (χ3v) is 5.60. The summed E-state index contributed by atoms with van der Waals surface area (Å²) in [6.07, 6.45) is 7.33. The van der Waals surface area contributed by atoms with Gasteiger partial charge in [-0.1, -0.05) is 47.5 Å². The van der Waals surface area contributed by atoms with Crippen LogP contribution in [0.2, 0.25) is 10.0 Å². The maximum Gasteiger partial charge on any atom is 0.337 e. The Morgan fingerprint density at radius 3 is 2.65 bits per heavy atom. The summed E-state index contributed by atoms with van der Waals surface area (Å²) in [5.74, 6) is -0.921. The zero-order valence-electron chi connectivity index (χ0n) is 14.0. The Kier molecular flexibility index (Phi) is 4.51. The summed E-state index contributed by atoms with van der Waals surface area (Å²) in [4.78, 5) is 11.7. The number of aromatic carboxylic acids is 1. The highest BCUT2D eigenvalue weighted by Gasteiger charge is 2.16. The fourth-order valence-corrected chi connectivity index (χ4v) is 3.88. The van der Waals surface area contributed by atoms with Crippen molar-refractivity contribution >= 4 is 45.6 Å². The van der Waals surface area contributed by atoms with Crippen molar-refractivity contribution in [2.45, 2.75) is 25.8 Å². The molecule has 0 aliphatic heterocycles. The van der Waals surface area contributed by atoms with Crippen molar-refractivity contribution in [3.05, 3.63) is 75.4 Å². The lowest BCUT2D eigenvalue weighted by atomic mass is 10.0. The molecule has 0 bridgehead atoms. The van der Waals surface area contributed by atoms with Crippen LogP contribution in [0, 0.1) is 0 Å². The van der Waals surface area contributed by atoms with Crippen LogP contribution < -0.4 is 0 Å². The van der Waals surface area contributed by atoms with E-state index in [2.05, 4.69) is 12.1 Å². The van der Waals surface area contributed by atoms with Crippen molar-refractivity contribution in [1.29, 1.82) is 0 Å². The number of benzene rings is 2. The maximum absolute atomic E-state index is 11.7. The second kappa shape index (κ2) is 6.82. The van der Waals surface area contributed by atoms with Gasteiger partial charge >= 0.3 is 5.97 Å². The minimum Gasteiger partial charge on any atom is -0.478 e. The van der Waals surface area contributed by atoms with Crippen LogP contribution in [0.1, 0.15) is 40.7 Å². The fourth-order valence-electron chi connectivity index (χ4n) is 3.56. The maximum atomic E-state index is 11.7. The third-order valence-electron chi connectivity index (χ3n) is 4.86. The van der Waals surface area contributed by atoms with Gasteiger partial charge in [0, 0.05) is 23.6 Å². The third kappa shape index (κ3) is 3.13. The Balaban J connectivity index is 1.82. The number of aromatic nitrogens is 1. The number of allylic oxidation sites excluding steroid dienone is 2. The van der Waals surface area contributed by atoms with E-state index in [4.69, 9.17) is 23.2 Å². The van der Waals surface area contributed by atoms with Crippen LogP contribution >= 0.6 is 23.2 Å². The molecular weight excluding hydrogens is 369 g/mol. The Labute approximate surface area is 161 Å². The highest BCUT2D eigenvalue weighted by Crippen LogP contribution is 2.32. The quantitative estimate of drug-likeness (QED) is 0.575. The van der Waals surface area contributed by atoms with Crippen molar-refractivity contribution in [1.82, 2.24) is 4.57 Å². The molecule has 0 unspecified atom stereocenters. The number of carboxylic acids is 1. The molecule has 0 radical (unpaired) electrons. The normalized spacial score (nSPS) is 14.0. The van der Waals surface area contributed by atoms with Crippen LogP contribution in [0.3, 0.4) is 0 Å². The van der Waals surface area contributed by atoms with Crippen LogP contribution in [-0.4, -0.2) is 15.6 Å². The number of rotatable bonds is 4. The van der Waals surface area contributed by atoms with Gasteiger partial charge in [0.25, 0.3) is 0 Å². The lowest BCUT2D eigenvalue weighted by Crippen LogP contribution is -1.99. The van der Waals surface area contributed by atoms with Gasteiger partial charge in [-0.15, -0.1) is 0 Å². The molecule has 2 aromatic carbocycles. The summed E-state index contributed by atoms with van der Waals surface area (Å²) in [6, 6.07) is 11.5. The average molecular weight is 386 g/mol. The van der Waals surface area contributed by atoms with Crippen molar-refractivity contribution in [3.8, 4) is 0 Å². The van der Waals surface area contributed by atoms with Gasteiger partial charge in [-0.3, -0.25) is 0 Å². The van der Waals surface area contributed by atoms with Crippen molar-refractivity contribution < 1.29 is 9.90 Å². The van der Waals surface area contributed by atoms with E-state index in [0.29, 0.717) is 22.2 Å². The number of hydrogen-bond donors (Lipinski definition) is 1. The van der Waals surface area contributed by atoms with Gasteiger partial charge in [-0.25, -0.2) is 4.79 Å². The molecule has 1 heterocycles. The topological polar surface area (TPSA) is 42.2 Å². The fraction of sp³-hybridized carbons (Fsp3) is 0.190. The Morgan fingerprint density at radius 1 is 1.12 bits per heavy atom. The number of nitrogens with zero attached hydrogens (tertiary/aromatic N) is 1. The van der Waals surface area contributed by atoms with E-state index in [1.165, 1.54) is 17.6 Å². The van der Waals surface area contributed by atoms with Crippen molar-refractivity contribution in [2.24, 2.45) is 0 Å². The van der Waals surface area contributed by atoms with Gasteiger partial charge in [0.15, 0.2) is 0 Å². The molecule has 1 aliphatic rings. The molecule has 4 rings (SSSR count). The van der Waals surface area contributed by atoms with Crippen LogP contribution in [0.4, 0.5) is 0 Å². The SMILES string of the molecule is O=C(O)c1cn(Cc2ccc(Cl)c(Cl)c2)c2cc(C3=CCCC3)ccc12. The molecule has 1 N–H and O–H groups in total. The van der Waals surface area contributed by atoms with Crippen molar-refractivity contribution in [2.75, 3.05) is 0 Å². The van der Waals surface area contributed by atoms with E-state index in [1.807, 2.05) is 28.8 Å². The van der Waals surface area contributed by atoms with Gasteiger partial charge < -0.3 is 9.67 Å². The van der Waals surface area contributed by atoms with Crippen LogP contribution in [0.25, 0.3) is 16.5 Å². The molecule has 3 nitrogen and oxygen atoms in total. The van der Waals surface area contributed by atoms with E-state index in [9.17, 15) is 9.90 Å². The molecule has 0 spiro atoms. The second-order valence-corrected chi connectivity index (χ2v) is 7.39. The Bertz CT molecular complexity index is 1050. The van der Waals surface area contributed by atoms with Gasteiger partial charge in [0.2, 0.25) is 0 Å². The number of carbonyl (C=O) groups is 1. The molecule has 0 saturated carbocycles. The largest absolute Gasteiger partial charge is 0.478 e. The summed E-state index contributed by atoms with van der Waals surface area (Å²) in [5.41, 5.74) is 4.70. The highest BCUT2D eigenvalue weighted by molar-refractivity contribution is 6.42. The summed E-state index contributed by atoms with van der Waals surface area (Å²) < 4.78 is 1.97. The molecule has 0 fully saturated rings. The Hall–Kier alpha value is -2.23. The standard InChI is InChI=1S/C21H17Cl2NO2/c22-18-8-5-13(9-19(18)23)11-24-12-17(21(25)26)16-7-6-15(10-20(16)24)14-3-1-2-4-14/h3,5-10,12H,1-2,4,11H2,(H,25,26). The first-order valence-corrected chi connectivity index (χ1v) is 9.28. The minimum atomic E-state index is -0.921. The molecule has 3 aromatic rings. The van der Waals surface area contributed by atoms with E-state index in [1.54, 1.807) is 12.3 Å². The van der Waals surface area contributed by atoms with E-state index in [-0.39, 0.29) is 0 Å². The zero-order valence-corrected chi connectivity index (χ0v) is 15.5. The molecule has 26 heavy (non-hydrogen) atoms. The van der Waals surface area contributed by atoms with E-state index in [0.717, 1.165) is 29.3 Å². The summed E-state index contributed by atoms with van der Waals surface area (Å²) in [6.45, 7) is 0.531. The van der Waals surface area contributed by atoms with Gasteiger partial charge in [0.05, 0.1) is 15.6 Å². The molecule has 1 aromatic heterocycles. The van der Waals surface area contributed by atoms with Gasteiger partial charge in [-0.05, 0) is 54.2 Å². The monoisotopic (exact) mass is 385 g/mol. The van der Waals surface area contributed by atoms with Crippen molar-refractivity contribution in [3.63, 3.8) is 0 Å². The lowest BCUT2D eigenvalue weighted by molar-refractivity contribution is 0.0699. The molecular formula is C21H17Cl2NO2. The molecule has 5 heteroatoms. The smallest absolute Gasteiger partial charge is 0.337 e. The molecule has 132 valence electrons. The van der Waals surface area contributed by atoms with E-state index < -0.39 is 5.97 Å². The summed E-state index contributed by atoms with van der Waals surface area (Å²) in [5, 5.41) is 11.3. The summed E-state index contributed by atoms with van der Waals surface area (Å²) in [7, 11) is 0.